The van der Waals surface area contributed by atoms with Gasteiger partial charge in [0.2, 0.25) is 5.88 Å². The molecule has 0 atom stereocenters. The average molecular weight is 255 g/mol. The molecule has 0 aliphatic heterocycles. The van der Waals surface area contributed by atoms with Crippen molar-refractivity contribution in [2.45, 2.75) is 9.10 Å². The fraction of sp³-hybridized carbons (Fsp3) is 0.100. The zero-order chi connectivity index (χ0) is 11.5. The largest absolute Gasteiger partial charge is 0.497 e. The molecule has 0 saturated heterocycles. The molecule has 0 saturated carbocycles. The Bertz CT molecular complexity index is 547. The Hall–Kier alpha value is -1.40. The molecular weight excluding hydrogens is 246 g/mol. The van der Waals surface area contributed by atoms with E-state index in [1.54, 1.807) is 7.11 Å². The van der Waals surface area contributed by atoms with Crippen LogP contribution in [-0.4, -0.2) is 17.2 Å². The van der Waals surface area contributed by atoms with Crippen LogP contribution in [-0.2, 0) is 0 Å². The number of benzene rings is 1. The van der Waals surface area contributed by atoms with Gasteiger partial charge in [0.1, 0.15) is 9.96 Å². The first-order valence-corrected chi connectivity index (χ1v) is 6.06. The van der Waals surface area contributed by atoms with Crippen LogP contribution in [0.2, 0.25) is 0 Å². The van der Waals surface area contributed by atoms with Crippen molar-refractivity contribution in [3.05, 3.63) is 33.9 Å². The lowest BCUT2D eigenvalue weighted by Crippen LogP contribution is -1.89. The van der Waals surface area contributed by atoms with Gasteiger partial charge in [-0.1, -0.05) is 29.2 Å². The van der Waals surface area contributed by atoms with Gasteiger partial charge in [0.05, 0.1) is 7.11 Å². The van der Waals surface area contributed by atoms with Crippen LogP contribution in [0, 0.1) is 0 Å². The molecule has 0 aliphatic rings. The van der Waals surface area contributed by atoms with Crippen molar-refractivity contribution in [3.63, 3.8) is 0 Å². The molecule has 16 heavy (non-hydrogen) atoms. The zero-order valence-electron chi connectivity index (χ0n) is 8.39. The number of hydrogen-bond acceptors (Lipinski definition) is 5. The van der Waals surface area contributed by atoms with E-state index >= 15 is 0 Å². The summed E-state index contributed by atoms with van der Waals surface area (Å²) in [5.41, 5.74) is 0. The van der Waals surface area contributed by atoms with Crippen molar-refractivity contribution in [3.8, 4) is 11.6 Å². The predicted molar refractivity (Wildman–Crippen MR) is 63.7 cm³/mol. The molecule has 0 radical (unpaired) electrons. The Kier molecular flexibility index (Phi) is 3.21. The van der Waals surface area contributed by atoms with Gasteiger partial charge in [0.15, 0.2) is 0 Å². The average Bonchev–Trinajstić information content (AvgIpc) is 2.58. The summed E-state index contributed by atoms with van der Waals surface area (Å²) in [6.45, 7) is 0. The van der Waals surface area contributed by atoms with Crippen molar-refractivity contribution in [2.24, 2.45) is 0 Å². The summed E-state index contributed by atoms with van der Waals surface area (Å²) < 4.78 is 5.64. The maximum absolute atomic E-state index is 11.0. The molecule has 1 aromatic heterocycles. The van der Waals surface area contributed by atoms with E-state index in [0.29, 0.717) is 4.21 Å². The maximum Gasteiger partial charge on any atom is 0.308 e. The van der Waals surface area contributed by atoms with Crippen molar-refractivity contribution < 1.29 is 9.84 Å². The predicted octanol–water partition coefficient (Wildman–Crippen LogP) is 2.30. The van der Waals surface area contributed by atoms with Gasteiger partial charge in [0.25, 0.3) is 0 Å². The molecule has 2 N–H and O–H groups in total. The van der Waals surface area contributed by atoms with Gasteiger partial charge in [-0.3, -0.25) is 9.78 Å². The Labute approximate surface area is 99.9 Å². The number of hydrogen-bond donors (Lipinski definition) is 2. The smallest absolute Gasteiger partial charge is 0.308 e. The molecule has 0 spiro atoms. The minimum atomic E-state index is -0.261. The first kappa shape index (κ1) is 11.1. The number of nitrogens with one attached hydrogen (secondary N) is 1. The van der Waals surface area contributed by atoms with E-state index < -0.39 is 0 Å². The second-order valence-electron chi connectivity index (χ2n) is 2.93. The number of H-pyrrole nitrogens is 1. The molecule has 0 aliphatic carbocycles. The topological polar surface area (TPSA) is 62.3 Å². The molecule has 2 rings (SSSR count). The molecule has 4 nitrogen and oxygen atoms in total. The lowest BCUT2D eigenvalue weighted by molar-refractivity contribution is 0.413. The molecule has 6 heteroatoms. The fourth-order valence-corrected chi connectivity index (χ4v) is 2.98. The third-order valence-corrected chi connectivity index (χ3v) is 3.89. The molecule has 1 heterocycles. The quantitative estimate of drug-likeness (QED) is 0.883. The lowest BCUT2D eigenvalue weighted by Gasteiger charge is -2.02. The van der Waals surface area contributed by atoms with Crippen LogP contribution >= 0.6 is 23.1 Å². The highest BCUT2D eigenvalue weighted by Crippen LogP contribution is 2.36. The number of thiazole rings is 1. The number of rotatable bonds is 3. The van der Waals surface area contributed by atoms with Gasteiger partial charge in [0, 0.05) is 4.90 Å². The molecule has 1 aromatic carbocycles. The zero-order valence-corrected chi connectivity index (χ0v) is 10.0. The van der Waals surface area contributed by atoms with E-state index in [0.717, 1.165) is 22.0 Å². The van der Waals surface area contributed by atoms with Crippen LogP contribution in [0.4, 0.5) is 0 Å². The number of aromatic amines is 1. The molecule has 0 amide bonds. The highest BCUT2D eigenvalue weighted by Gasteiger charge is 2.08. The monoisotopic (exact) mass is 255 g/mol. The molecule has 0 bridgehead atoms. The molecule has 0 unspecified atom stereocenters. The molecule has 84 valence electrons. The summed E-state index contributed by atoms with van der Waals surface area (Å²) in [7, 11) is 1.59. The maximum atomic E-state index is 11.0. The molecule has 0 fully saturated rings. The normalized spacial score (nSPS) is 10.3. The van der Waals surface area contributed by atoms with E-state index in [2.05, 4.69) is 4.98 Å². The van der Waals surface area contributed by atoms with Gasteiger partial charge in [-0.15, -0.1) is 0 Å². The van der Waals surface area contributed by atoms with Crippen molar-refractivity contribution in [1.82, 2.24) is 4.98 Å². The lowest BCUT2D eigenvalue weighted by atomic mass is 10.3. The highest BCUT2D eigenvalue weighted by atomic mass is 32.2. The van der Waals surface area contributed by atoms with E-state index in [4.69, 9.17) is 4.74 Å². The van der Waals surface area contributed by atoms with E-state index in [-0.39, 0.29) is 10.8 Å². The van der Waals surface area contributed by atoms with Gasteiger partial charge in [-0.2, -0.15) is 0 Å². The highest BCUT2D eigenvalue weighted by molar-refractivity contribution is 8.01. The number of aromatic hydroxyl groups is 1. The minimum absolute atomic E-state index is 0.0807. The Morgan fingerprint density at radius 1 is 1.50 bits per heavy atom. The van der Waals surface area contributed by atoms with E-state index in [1.165, 1.54) is 11.8 Å². The van der Waals surface area contributed by atoms with Crippen LogP contribution in [0.15, 0.2) is 38.2 Å². The molecular formula is C10H9NO3S2. The van der Waals surface area contributed by atoms with Crippen LogP contribution in [0.25, 0.3) is 0 Å². The Morgan fingerprint density at radius 2 is 2.31 bits per heavy atom. The third kappa shape index (κ3) is 2.40. The van der Waals surface area contributed by atoms with E-state index in [9.17, 15) is 9.90 Å². The standard InChI is InChI=1S/C10H9NO3S2/c1-14-6-3-2-4-7(5-6)15-9-8(12)11-10(13)16-9/h2-5,12H,1H3,(H,11,13). The SMILES string of the molecule is COc1cccc(Sc2sc(=O)[nH]c2O)c1. The summed E-state index contributed by atoms with van der Waals surface area (Å²) in [4.78, 5) is 14.0. The third-order valence-electron chi connectivity index (χ3n) is 1.85. The number of aromatic nitrogens is 1. The van der Waals surface area contributed by atoms with Crippen LogP contribution in [0.5, 0.6) is 11.6 Å². The van der Waals surface area contributed by atoms with Crippen LogP contribution in [0.1, 0.15) is 0 Å². The first-order chi connectivity index (χ1) is 7.69. The van der Waals surface area contributed by atoms with Gasteiger partial charge < -0.3 is 9.84 Å². The van der Waals surface area contributed by atoms with Crippen molar-refractivity contribution >= 4 is 23.1 Å². The summed E-state index contributed by atoms with van der Waals surface area (Å²) in [5.74, 6) is 0.662. The van der Waals surface area contributed by atoms with Crippen molar-refractivity contribution in [1.29, 1.82) is 0 Å². The fourth-order valence-electron chi connectivity index (χ4n) is 1.15. The van der Waals surface area contributed by atoms with E-state index in [1.807, 2.05) is 24.3 Å². The minimum Gasteiger partial charge on any atom is -0.497 e. The van der Waals surface area contributed by atoms with Gasteiger partial charge in [-0.25, -0.2) is 0 Å². The van der Waals surface area contributed by atoms with Crippen LogP contribution in [0.3, 0.4) is 0 Å². The Morgan fingerprint density at radius 3 is 2.94 bits per heavy atom. The number of ether oxygens (including phenoxy) is 1. The Balaban J connectivity index is 2.26. The summed E-state index contributed by atoms with van der Waals surface area (Å²) in [6, 6.07) is 7.42. The van der Waals surface area contributed by atoms with Gasteiger partial charge >= 0.3 is 4.87 Å². The summed E-state index contributed by atoms with van der Waals surface area (Å²) >= 11 is 2.31. The second kappa shape index (κ2) is 4.63. The van der Waals surface area contributed by atoms with Crippen molar-refractivity contribution in [2.75, 3.05) is 7.11 Å². The first-order valence-electron chi connectivity index (χ1n) is 4.43. The van der Waals surface area contributed by atoms with Gasteiger partial charge in [-0.05, 0) is 18.2 Å². The summed E-state index contributed by atoms with van der Waals surface area (Å²) in [5, 5.41) is 9.42. The summed E-state index contributed by atoms with van der Waals surface area (Å²) in [6.07, 6.45) is 0. The second-order valence-corrected chi connectivity index (χ2v) is 5.26. The number of methoxy groups -OCH3 is 1. The van der Waals surface area contributed by atoms with Crippen LogP contribution < -0.4 is 9.61 Å². The molecule has 2 aromatic rings.